The van der Waals surface area contributed by atoms with Gasteiger partial charge in [0.15, 0.2) is 5.82 Å². The lowest BCUT2D eigenvalue weighted by atomic mass is 9.97. The van der Waals surface area contributed by atoms with Gasteiger partial charge in [-0.05, 0) is 36.4 Å². The number of hydrogen-bond donors (Lipinski definition) is 1. The molecular formula is C22H20FN5O4. The second-order valence-electron chi connectivity index (χ2n) is 7.21. The van der Waals surface area contributed by atoms with Gasteiger partial charge < -0.3 is 14.4 Å². The summed E-state index contributed by atoms with van der Waals surface area (Å²) in [4.78, 5) is 26.0. The number of ether oxygens (including phenoxy) is 2. The van der Waals surface area contributed by atoms with E-state index in [1.807, 2.05) is 6.07 Å². The van der Waals surface area contributed by atoms with Gasteiger partial charge in [-0.25, -0.2) is 14.3 Å². The van der Waals surface area contributed by atoms with Gasteiger partial charge >= 0.3 is 5.69 Å². The second-order valence-corrected chi connectivity index (χ2v) is 7.21. The Morgan fingerprint density at radius 3 is 2.72 bits per heavy atom. The van der Waals surface area contributed by atoms with Crippen LogP contribution in [0.15, 0.2) is 41.2 Å². The quantitative estimate of drug-likeness (QED) is 0.652. The number of aromatic amines is 1. The minimum Gasteiger partial charge on any atom is -0.486 e. The van der Waals surface area contributed by atoms with Crippen molar-refractivity contribution in [3.05, 3.63) is 69.7 Å². The Balaban J connectivity index is 1.65. The molecule has 2 aromatic carbocycles. The van der Waals surface area contributed by atoms with Crippen LogP contribution in [0.5, 0.6) is 5.75 Å². The van der Waals surface area contributed by atoms with Gasteiger partial charge in [0, 0.05) is 36.8 Å². The topological polar surface area (TPSA) is 113 Å². The summed E-state index contributed by atoms with van der Waals surface area (Å²) in [5, 5.41) is 15.7. The number of benzene rings is 2. The summed E-state index contributed by atoms with van der Waals surface area (Å²) < 4.78 is 27.1. The van der Waals surface area contributed by atoms with E-state index in [1.54, 1.807) is 18.0 Å². The average molecular weight is 437 g/mol. The first kappa shape index (κ1) is 21.3. The molecule has 1 aromatic heterocycles. The van der Waals surface area contributed by atoms with E-state index in [0.717, 1.165) is 0 Å². The summed E-state index contributed by atoms with van der Waals surface area (Å²) in [7, 11) is 1.56. The molecule has 0 atom stereocenters. The molecule has 0 saturated carbocycles. The molecule has 0 unspecified atom stereocenters. The predicted octanol–water partition coefficient (Wildman–Crippen LogP) is 1.84. The van der Waals surface area contributed by atoms with Crippen LogP contribution in [0.3, 0.4) is 0 Å². The molecular weight excluding hydrogens is 417 g/mol. The minimum atomic E-state index is -0.563. The lowest BCUT2D eigenvalue weighted by molar-refractivity contribution is 0.0303. The Hall–Kier alpha value is -3.97. The van der Waals surface area contributed by atoms with Crippen molar-refractivity contribution >= 4 is 5.91 Å². The molecule has 0 aliphatic carbocycles. The summed E-state index contributed by atoms with van der Waals surface area (Å²) >= 11 is 0. The third-order valence-corrected chi connectivity index (χ3v) is 5.25. The third-order valence-electron chi connectivity index (χ3n) is 5.25. The summed E-state index contributed by atoms with van der Waals surface area (Å²) in [6, 6.07) is 10.8. The molecule has 4 rings (SSSR count). The van der Waals surface area contributed by atoms with E-state index < -0.39 is 5.82 Å². The summed E-state index contributed by atoms with van der Waals surface area (Å²) in [6.07, 6.45) is 0. The van der Waals surface area contributed by atoms with Crippen LogP contribution in [0.2, 0.25) is 0 Å². The highest BCUT2D eigenvalue weighted by Crippen LogP contribution is 2.31. The molecule has 1 N–H and O–H groups in total. The summed E-state index contributed by atoms with van der Waals surface area (Å²) in [6.45, 7) is 1.85. The lowest BCUT2D eigenvalue weighted by Gasteiger charge is -2.27. The van der Waals surface area contributed by atoms with Crippen molar-refractivity contribution < 1.29 is 18.7 Å². The van der Waals surface area contributed by atoms with E-state index in [0.29, 0.717) is 49.0 Å². The van der Waals surface area contributed by atoms with Crippen LogP contribution >= 0.6 is 0 Å². The van der Waals surface area contributed by atoms with Gasteiger partial charge in [-0.1, -0.05) is 0 Å². The Labute approximate surface area is 182 Å². The molecule has 1 amide bonds. The number of nitriles is 1. The van der Waals surface area contributed by atoms with Crippen LogP contribution < -0.4 is 10.4 Å². The van der Waals surface area contributed by atoms with E-state index in [2.05, 4.69) is 10.2 Å². The highest BCUT2D eigenvalue weighted by Gasteiger charge is 2.21. The Morgan fingerprint density at radius 1 is 1.25 bits per heavy atom. The molecule has 0 spiro atoms. The molecule has 10 heteroatoms. The van der Waals surface area contributed by atoms with Crippen molar-refractivity contribution in [2.45, 2.75) is 6.61 Å². The first-order chi connectivity index (χ1) is 15.5. The fourth-order valence-corrected chi connectivity index (χ4v) is 3.40. The zero-order chi connectivity index (χ0) is 22.7. The van der Waals surface area contributed by atoms with Crippen molar-refractivity contribution in [1.82, 2.24) is 19.7 Å². The summed E-state index contributed by atoms with van der Waals surface area (Å²) in [5.41, 5.74) is 0.616. The average Bonchev–Trinajstić information content (AvgIpc) is 3.15. The lowest BCUT2D eigenvalue weighted by Crippen LogP contribution is -2.40. The largest absolute Gasteiger partial charge is 0.486 e. The zero-order valence-electron chi connectivity index (χ0n) is 17.3. The van der Waals surface area contributed by atoms with E-state index in [-0.39, 0.29) is 29.3 Å². The number of hydrogen-bond acceptors (Lipinski definition) is 6. The van der Waals surface area contributed by atoms with Gasteiger partial charge in [0.2, 0.25) is 0 Å². The highest BCUT2D eigenvalue weighted by atomic mass is 19.1. The first-order valence-electron chi connectivity index (χ1n) is 9.92. The minimum absolute atomic E-state index is 0.00137. The molecule has 32 heavy (non-hydrogen) atoms. The molecule has 0 bridgehead atoms. The molecule has 164 valence electrons. The van der Waals surface area contributed by atoms with Crippen LogP contribution in [-0.4, -0.2) is 51.9 Å². The molecule has 3 aromatic rings. The maximum atomic E-state index is 14.8. The SMILES string of the molecule is Cn1c(COc2ccc(C#N)c(-c3cc(C(=O)N4CCOCC4)ccc3F)c2)n[nH]c1=O. The van der Waals surface area contributed by atoms with Gasteiger partial charge in [-0.2, -0.15) is 10.4 Å². The van der Waals surface area contributed by atoms with E-state index >= 15 is 0 Å². The predicted molar refractivity (Wildman–Crippen MR) is 111 cm³/mol. The molecule has 1 fully saturated rings. The number of nitrogens with one attached hydrogen (secondary N) is 1. The number of nitrogens with zero attached hydrogens (tertiary/aromatic N) is 4. The van der Waals surface area contributed by atoms with Gasteiger partial charge in [0.1, 0.15) is 18.2 Å². The van der Waals surface area contributed by atoms with Crippen LogP contribution in [0.4, 0.5) is 4.39 Å². The molecule has 1 saturated heterocycles. The fraction of sp³-hybridized carbons (Fsp3) is 0.273. The monoisotopic (exact) mass is 437 g/mol. The summed E-state index contributed by atoms with van der Waals surface area (Å²) in [5.74, 6) is -0.0456. The number of halogens is 1. The maximum Gasteiger partial charge on any atom is 0.343 e. The second kappa shape index (κ2) is 9.03. The van der Waals surface area contributed by atoms with Gasteiger partial charge in [0.05, 0.1) is 24.8 Å². The van der Waals surface area contributed by atoms with Gasteiger partial charge in [0.25, 0.3) is 5.91 Å². The van der Waals surface area contributed by atoms with Crippen molar-refractivity contribution in [3.8, 4) is 22.9 Å². The fourth-order valence-electron chi connectivity index (χ4n) is 3.40. The standard InChI is InChI=1S/C22H20FN5O4/c1-27-20(25-26-22(27)30)13-32-16-4-2-15(12-24)17(11-16)18-10-14(3-5-19(18)23)21(29)28-6-8-31-9-7-28/h2-5,10-11H,6-9,13H2,1H3,(H,26,30). The van der Waals surface area contributed by atoms with Crippen LogP contribution in [0.25, 0.3) is 11.1 Å². The molecule has 1 aliphatic rings. The van der Waals surface area contributed by atoms with Crippen LogP contribution in [0, 0.1) is 17.1 Å². The van der Waals surface area contributed by atoms with Crippen LogP contribution in [0.1, 0.15) is 21.7 Å². The van der Waals surface area contributed by atoms with Crippen molar-refractivity contribution in [2.24, 2.45) is 7.05 Å². The number of amides is 1. The van der Waals surface area contributed by atoms with Gasteiger partial charge in [-0.15, -0.1) is 0 Å². The number of rotatable bonds is 5. The van der Waals surface area contributed by atoms with Gasteiger partial charge in [-0.3, -0.25) is 9.36 Å². The Kier molecular flexibility index (Phi) is 6.00. The number of carbonyl (C=O) groups excluding carboxylic acids is 1. The maximum absolute atomic E-state index is 14.8. The molecule has 0 radical (unpaired) electrons. The van der Waals surface area contributed by atoms with Crippen molar-refractivity contribution in [1.29, 1.82) is 5.26 Å². The number of aromatic nitrogens is 3. The molecule has 9 nitrogen and oxygen atoms in total. The zero-order valence-corrected chi connectivity index (χ0v) is 17.3. The first-order valence-corrected chi connectivity index (χ1v) is 9.92. The number of H-pyrrole nitrogens is 1. The van der Waals surface area contributed by atoms with E-state index in [9.17, 15) is 19.2 Å². The molecule has 1 aliphatic heterocycles. The highest BCUT2D eigenvalue weighted by molar-refractivity contribution is 5.96. The van der Waals surface area contributed by atoms with Crippen LogP contribution in [-0.2, 0) is 18.4 Å². The van der Waals surface area contributed by atoms with Crippen molar-refractivity contribution in [3.63, 3.8) is 0 Å². The number of morpholine rings is 1. The Morgan fingerprint density at radius 2 is 2.03 bits per heavy atom. The van der Waals surface area contributed by atoms with E-state index in [1.165, 1.54) is 34.9 Å². The number of carbonyl (C=O) groups is 1. The third kappa shape index (κ3) is 4.24. The van der Waals surface area contributed by atoms with Crippen molar-refractivity contribution in [2.75, 3.05) is 26.3 Å². The molecule has 2 heterocycles. The Bertz CT molecular complexity index is 1250. The van der Waals surface area contributed by atoms with E-state index in [4.69, 9.17) is 9.47 Å². The normalized spacial score (nSPS) is 13.6. The smallest absolute Gasteiger partial charge is 0.343 e.